The Bertz CT molecular complexity index is 488. The Balaban J connectivity index is 2.73. The van der Waals surface area contributed by atoms with Crippen LogP contribution in [0.15, 0.2) is 24.3 Å². The first kappa shape index (κ1) is 17.3. The number of hydrogen-bond donors (Lipinski definition) is 1. The summed E-state index contributed by atoms with van der Waals surface area (Å²) in [5, 5.41) is 3.39. The van der Waals surface area contributed by atoms with E-state index in [0.29, 0.717) is 17.3 Å². The van der Waals surface area contributed by atoms with Crippen LogP contribution >= 0.6 is 11.6 Å². The molecule has 0 saturated carbocycles. The smallest absolute Gasteiger partial charge is 0.322 e. The SMILES string of the molecule is COC(=O)C(C)CN(C(=O)Nc1ccc(Cl)cc1)C(C)C. The topological polar surface area (TPSA) is 58.6 Å². The second kappa shape index (κ2) is 7.88. The predicted molar refractivity (Wildman–Crippen MR) is 83.5 cm³/mol. The van der Waals surface area contributed by atoms with Gasteiger partial charge >= 0.3 is 12.0 Å². The Hall–Kier alpha value is -1.75. The molecule has 1 aromatic rings. The number of hydrogen-bond acceptors (Lipinski definition) is 3. The maximum atomic E-state index is 12.3. The van der Waals surface area contributed by atoms with Crippen LogP contribution in [0.2, 0.25) is 5.02 Å². The summed E-state index contributed by atoms with van der Waals surface area (Å²) in [7, 11) is 1.34. The van der Waals surface area contributed by atoms with E-state index in [1.807, 2.05) is 13.8 Å². The van der Waals surface area contributed by atoms with Crippen molar-refractivity contribution in [1.29, 1.82) is 0 Å². The van der Waals surface area contributed by atoms with Gasteiger partial charge in [0.2, 0.25) is 0 Å². The van der Waals surface area contributed by atoms with Crippen molar-refractivity contribution in [2.24, 2.45) is 5.92 Å². The van der Waals surface area contributed by atoms with E-state index in [1.165, 1.54) is 7.11 Å². The highest BCUT2D eigenvalue weighted by molar-refractivity contribution is 6.30. The second-order valence-electron chi connectivity index (χ2n) is 5.11. The lowest BCUT2D eigenvalue weighted by atomic mass is 10.1. The molecule has 0 aromatic heterocycles. The standard InChI is InChI=1S/C15H21ClN2O3/c1-10(2)18(9-11(3)14(19)21-4)15(20)17-13-7-5-12(16)6-8-13/h5-8,10-11H,9H2,1-4H3,(H,17,20). The number of benzene rings is 1. The fourth-order valence-corrected chi connectivity index (χ4v) is 1.95. The molecule has 0 bridgehead atoms. The molecular weight excluding hydrogens is 292 g/mol. The van der Waals surface area contributed by atoms with E-state index >= 15 is 0 Å². The number of halogens is 1. The molecule has 6 heteroatoms. The zero-order valence-corrected chi connectivity index (χ0v) is 13.5. The maximum Gasteiger partial charge on any atom is 0.322 e. The van der Waals surface area contributed by atoms with E-state index < -0.39 is 0 Å². The number of nitrogens with one attached hydrogen (secondary N) is 1. The molecule has 21 heavy (non-hydrogen) atoms. The normalized spacial score (nSPS) is 11.9. The van der Waals surface area contributed by atoms with Gasteiger partial charge in [0.1, 0.15) is 0 Å². The fraction of sp³-hybridized carbons (Fsp3) is 0.467. The average molecular weight is 313 g/mol. The van der Waals surface area contributed by atoms with Crippen LogP contribution in [0.3, 0.4) is 0 Å². The highest BCUT2D eigenvalue weighted by Gasteiger charge is 2.23. The molecule has 0 radical (unpaired) electrons. The van der Waals surface area contributed by atoms with Gasteiger partial charge in [0.15, 0.2) is 0 Å². The fourth-order valence-electron chi connectivity index (χ4n) is 1.83. The summed E-state index contributed by atoms with van der Waals surface area (Å²) in [6.45, 7) is 5.82. The van der Waals surface area contributed by atoms with E-state index in [4.69, 9.17) is 16.3 Å². The first-order valence-corrected chi connectivity index (χ1v) is 7.14. The summed E-state index contributed by atoms with van der Waals surface area (Å²) in [6.07, 6.45) is 0. The van der Waals surface area contributed by atoms with E-state index in [-0.39, 0.29) is 24.0 Å². The van der Waals surface area contributed by atoms with Crippen molar-refractivity contribution in [3.63, 3.8) is 0 Å². The quantitative estimate of drug-likeness (QED) is 0.848. The minimum absolute atomic E-state index is 0.0376. The number of urea groups is 1. The number of ether oxygens (including phenoxy) is 1. The van der Waals surface area contributed by atoms with Crippen molar-refractivity contribution in [3.05, 3.63) is 29.3 Å². The zero-order chi connectivity index (χ0) is 16.0. The lowest BCUT2D eigenvalue weighted by Crippen LogP contribution is -2.44. The van der Waals surface area contributed by atoms with Crippen LogP contribution in [-0.4, -0.2) is 36.6 Å². The third-order valence-electron chi connectivity index (χ3n) is 3.05. The van der Waals surface area contributed by atoms with Crippen LogP contribution < -0.4 is 5.32 Å². The molecule has 1 aromatic carbocycles. The van der Waals surface area contributed by atoms with Gasteiger partial charge in [-0.3, -0.25) is 4.79 Å². The number of rotatable bonds is 5. The molecular formula is C15H21ClN2O3. The molecule has 0 aliphatic carbocycles. The van der Waals surface area contributed by atoms with Crippen molar-refractivity contribution in [1.82, 2.24) is 4.90 Å². The van der Waals surface area contributed by atoms with Crippen molar-refractivity contribution >= 4 is 29.3 Å². The molecule has 1 atom stereocenters. The summed E-state index contributed by atoms with van der Waals surface area (Å²) in [4.78, 5) is 25.4. The van der Waals surface area contributed by atoms with Crippen LogP contribution in [0.1, 0.15) is 20.8 Å². The Kier molecular flexibility index (Phi) is 6.49. The third-order valence-corrected chi connectivity index (χ3v) is 3.31. The van der Waals surface area contributed by atoms with E-state index in [1.54, 1.807) is 36.1 Å². The monoisotopic (exact) mass is 312 g/mol. The molecule has 1 N–H and O–H groups in total. The van der Waals surface area contributed by atoms with Gasteiger partial charge in [0, 0.05) is 23.3 Å². The summed E-state index contributed by atoms with van der Waals surface area (Å²) < 4.78 is 4.69. The van der Waals surface area contributed by atoms with Crippen molar-refractivity contribution in [3.8, 4) is 0 Å². The molecule has 1 rings (SSSR count). The maximum absolute atomic E-state index is 12.3. The lowest BCUT2D eigenvalue weighted by molar-refractivity contribution is -0.145. The zero-order valence-electron chi connectivity index (χ0n) is 12.7. The van der Waals surface area contributed by atoms with Gasteiger partial charge in [-0.1, -0.05) is 18.5 Å². The highest BCUT2D eigenvalue weighted by Crippen LogP contribution is 2.15. The minimum Gasteiger partial charge on any atom is -0.469 e. The molecule has 116 valence electrons. The minimum atomic E-state index is -0.381. The lowest BCUT2D eigenvalue weighted by Gasteiger charge is -2.28. The van der Waals surface area contributed by atoms with Gasteiger partial charge in [0.25, 0.3) is 0 Å². The summed E-state index contributed by atoms with van der Waals surface area (Å²) in [6, 6.07) is 6.56. The Morgan fingerprint density at radius 1 is 1.24 bits per heavy atom. The van der Waals surface area contributed by atoms with Gasteiger partial charge < -0.3 is 15.0 Å². The number of nitrogens with zero attached hydrogens (tertiary/aromatic N) is 1. The van der Waals surface area contributed by atoms with Gasteiger partial charge in [-0.15, -0.1) is 0 Å². The van der Waals surface area contributed by atoms with E-state index in [0.717, 1.165) is 0 Å². The summed E-state index contributed by atoms with van der Waals surface area (Å²) in [5.41, 5.74) is 0.653. The highest BCUT2D eigenvalue weighted by atomic mass is 35.5. The molecule has 5 nitrogen and oxygen atoms in total. The number of esters is 1. The molecule has 0 aliphatic rings. The number of anilines is 1. The van der Waals surface area contributed by atoms with Crippen LogP contribution in [0.5, 0.6) is 0 Å². The van der Waals surface area contributed by atoms with Crippen molar-refractivity contribution < 1.29 is 14.3 Å². The molecule has 1 unspecified atom stereocenters. The number of carbonyl (C=O) groups is 2. The Morgan fingerprint density at radius 3 is 2.29 bits per heavy atom. The van der Waals surface area contributed by atoms with Crippen LogP contribution in [-0.2, 0) is 9.53 Å². The van der Waals surface area contributed by atoms with E-state index in [9.17, 15) is 9.59 Å². The van der Waals surface area contributed by atoms with E-state index in [2.05, 4.69) is 5.32 Å². The molecule has 0 aliphatic heterocycles. The second-order valence-corrected chi connectivity index (χ2v) is 5.54. The largest absolute Gasteiger partial charge is 0.469 e. The number of amides is 2. The van der Waals surface area contributed by atoms with Crippen molar-refractivity contribution in [2.75, 3.05) is 19.0 Å². The predicted octanol–water partition coefficient (Wildman–Crippen LogP) is 3.39. The number of carbonyl (C=O) groups excluding carboxylic acids is 2. The van der Waals surface area contributed by atoms with Crippen LogP contribution in [0.4, 0.5) is 10.5 Å². The molecule has 0 fully saturated rings. The molecule has 0 spiro atoms. The first-order chi connectivity index (χ1) is 9.85. The van der Waals surface area contributed by atoms with Crippen molar-refractivity contribution in [2.45, 2.75) is 26.8 Å². The molecule has 0 heterocycles. The van der Waals surface area contributed by atoms with Crippen LogP contribution in [0, 0.1) is 5.92 Å². The van der Waals surface area contributed by atoms with Gasteiger partial charge in [-0.25, -0.2) is 4.79 Å². The average Bonchev–Trinajstić information content (AvgIpc) is 2.45. The summed E-state index contributed by atoms with van der Waals surface area (Å²) >= 11 is 5.81. The van der Waals surface area contributed by atoms with Gasteiger partial charge in [0.05, 0.1) is 13.0 Å². The summed E-state index contributed by atoms with van der Waals surface area (Å²) in [5.74, 6) is -0.715. The van der Waals surface area contributed by atoms with Gasteiger partial charge in [-0.2, -0.15) is 0 Å². The number of methoxy groups -OCH3 is 1. The van der Waals surface area contributed by atoms with Crippen LogP contribution in [0.25, 0.3) is 0 Å². The Morgan fingerprint density at radius 2 is 1.81 bits per heavy atom. The molecule has 2 amide bonds. The third kappa shape index (κ3) is 5.27. The van der Waals surface area contributed by atoms with Gasteiger partial charge in [-0.05, 0) is 38.1 Å². The first-order valence-electron chi connectivity index (χ1n) is 6.76. The molecule has 0 saturated heterocycles. The Labute approximate surface area is 130 Å².